The van der Waals surface area contributed by atoms with Crippen LogP contribution in [0.3, 0.4) is 0 Å². The predicted molar refractivity (Wildman–Crippen MR) is 123 cm³/mol. The summed E-state index contributed by atoms with van der Waals surface area (Å²) in [5, 5.41) is 3.23. The first-order valence-electron chi connectivity index (χ1n) is 11.4. The molecular formula is C25H30N4O2. The number of hydrogen-bond donors (Lipinski definition) is 1. The summed E-state index contributed by atoms with van der Waals surface area (Å²) in [7, 11) is 1.65. The van der Waals surface area contributed by atoms with Gasteiger partial charge in [-0.25, -0.2) is 4.98 Å². The fraction of sp³-hybridized carbons (Fsp3) is 0.440. The number of nitrogens with one attached hydrogen (secondary N) is 1. The van der Waals surface area contributed by atoms with Crippen molar-refractivity contribution >= 4 is 22.9 Å². The van der Waals surface area contributed by atoms with E-state index in [0.29, 0.717) is 12.5 Å². The average Bonchev–Trinajstić information content (AvgIpc) is 3.53. The lowest BCUT2D eigenvalue weighted by Gasteiger charge is -2.23. The van der Waals surface area contributed by atoms with Gasteiger partial charge in [0.2, 0.25) is 11.9 Å². The summed E-state index contributed by atoms with van der Waals surface area (Å²) < 4.78 is 7.65. The third-order valence-electron chi connectivity index (χ3n) is 6.63. The number of ether oxygens (including phenoxy) is 1. The van der Waals surface area contributed by atoms with Crippen molar-refractivity contribution in [2.75, 3.05) is 25.1 Å². The largest absolute Gasteiger partial charge is 0.497 e. The van der Waals surface area contributed by atoms with E-state index >= 15 is 0 Å². The molecule has 31 heavy (non-hydrogen) atoms. The molecular weight excluding hydrogens is 388 g/mol. The second-order valence-electron chi connectivity index (χ2n) is 8.73. The molecule has 5 rings (SSSR count). The van der Waals surface area contributed by atoms with E-state index in [0.717, 1.165) is 42.3 Å². The van der Waals surface area contributed by atoms with Gasteiger partial charge in [0.25, 0.3) is 0 Å². The van der Waals surface area contributed by atoms with Gasteiger partial charge >= 0.3 is 0 Å². The van der Waals surface area contributed by atoms with Gasteiger partial charge < -0.3 is 19.5 Å². The Bertz CT molecular complexity index is 1050. The number of nitrogens with zero attached hydrogens (tertiary/aromatic N) is 3. The summed E-state index contributed by atoms with van der Waals surface area (Å²) in [6.07, 6.45) is 6.37. The highest BCUT2D eigenvalue weighted by Crippen LogP contribution is 2.37. The maximum atomic E-state index is 12.6. The van der Waals surface area contributed by atoms with E-state index in [4.69, 9.17) is 9.72 Å². The summed E-state index contributed by atoms with van der Waals surface area (Å²) in [5.74, 6) is 1.95. The first-order chi connectivity index (χ1) is 15.2. The van der Waals surface area contributed by atoms with Crippen molar-refractivity contribution in [3.05, 3.63) is 54.1 Å². The number of carbonyl (C=O) groups excluding carboxylic acids is 1. The topological polar surface area (TPSA) is 59.4 Å². The molecule has 1 saturated heterocycles. The molecule has 1 aromatic heterocycles. The molecule has 0 radical (unpaired) electrons. The predicted octanol–water partition coefficient (Wildman–Crippen LogP) is 4.10. The van der Waals surface area contributed by atoms with Crippen molar-refractivity contribution < 1.29 is 9.53 Å². The maximum absolute atomic E-state index is 12.6. The second-order valence-corrected chi connectivity index (χ2v) is 8.73. The number of imidazole rings is 1. The van der Waals surface area contributed by atoms with Gasteiger partial charge in [0.05, 0.1) is 24.6 Å². The molecule has 1 saturated carbocycles. The smallest absolute Gasteiger partial charge is 0.224 e. The lowest BCUT2D eigenvalue weighted by molar-refractivity contribution is -0.121. The van der Waals surface area contributed by atoms with Crippen LogP contribution in [0.25, 0.3) is 11.0 Å². The Morgan fingerprint density at radius 3 is 2.65 bits per heavy atom. The molecule has 1 atom stereocenters. The Hall–Kier alpha value is -3.02. The van der Waals surface area contributed by atoms with Crippen LogP contribution >= 0.6 is 0 Å². The quantitative estimate of drug-likeness (QED) is 0.655. The van der Waals surface area contributed by atoms with Crippen molar-refractivity contribution in [2.24, 2.45) is 0 Å². The molecule has 6 heteroatoms. The molecule has 3 aromatic rings. The summed E-state index contributed by atoms with van der Waals surface area (Å²) in [6, 6.07) is 16.8. The van der Waals surface area contributed by atoms with Gasteiger partial charge in [-0.1, -0.05) is 37.1 Å². The molecule has 6 nitrogen and oxygen atoms in total. The molecule has 2 aliphatic rings. The van der Waals surface area contributed by atoms with E-state index in [1.165, 1.54) is 31.2 Å². The SMILES string of the molecule is COc1ccc(CC(=O)NC2CCN(c3nc4ccccc4n3C3CCCC3)C2)cc1. The highest BCUT2D eigenvalue weighted by Gasteiger charge is 2.30. The van der Waals surface area contributed by atoms with Crippen LogP contribution in [0.15, 0.2) is 48.5 Å². The van der Waals surface area contributed by atoms with Crippen LogP contribution in [0, 0.1) is 0 Å². The van der Waals surface area contributed by atoms with E-state index in [1.807, 2.05) is 24.3 Å². The number of rotatable bonds is 6. The zero-order chi connectivity index (χ0) is 21.2. The van der Waals surface area contributed by atoms with Crippen molar-refractivity contribution in [1.29, 1.82) is 0 Å². The van der Waals surface area contributed by atoms with Crippen LogP contribution in [-0.4, -0.2) is 41.7 Å². The highest BCUT2D eigenvalue weighted by molar-refractivity contribution is 5.80. The number of aromatic nitrogens is 2. The van der Waals surface area contributed by atoms with Crippen molar-refractivity contribution in [3.8, 4) is 5.75 Å². The van der Waals surface area contributed by atoms with Gasteiger partial charge in [-0.15, -0.1) is 0 Å². The number of carbonyl (C=O) groups is 1. The van der Waals surface area contributed by atoms with Gasteiger partial charge in [-0.2, -0.15) is 0 Å². The number of fused-ring (bicyclic) bond motifs is 1. The molecule has 1 aliphatic carbocycles. The van der Waals surface area contributed by atoms with Crippen LogP contribution < -0.4 is 15.0 Å². The van der Waals surface area contributed by atoms with Crippen LogP contribution in [0.2, 0.25) is 0 Å². The van der Waals surface area contributed by atoms with Gasteiger partial charge in [0.1, 0.15) is 5.75 Å². The summed E-state index contributed by atoms with van der Waals surface area (Å²) in [4.78, 5) is 20.0. The molecule has 1 amide bonds. The van der Waals surface area contributed by atoms with E-state index in [2.05, 4.69) is 39.0 Å². The Kier molecular flexibility index (Phi) is 5.53. The minimum atomic E-state index is 0.0707. The second kappa shape index (κ2) is 8.61. The minimum Gasteiger partial charge on any atom is -0.497 e. The Morgan fingerprint density at radius 2 is 1.87 bits per heavy atom. The first-order valence-corrected chi connectivity index (χ1v) is 11.4. The van der Waals surface area contributed by atoms with Crippen LogP contribution in [-0.2, 0) is 11.2 Å². The van der Waals surface area contributed by atoms with Crippen LogP contribution in [0.4, 0.5) is 5.95 Å². The minimum absolute atomic E-state index is 0.0707. The summed E-state index contributed by atoms with van der Waals surface area (Å²) >= 11 is 0. The van der Waals surface area contributed by atoms with Crippen LogP contribution in [0.5, 0.6) is 5.75 Å². The average molecular weight is 419 g/mol. The number of anilines is 1. The Balaban J connectivity index is 1.27. The van der Waals surface area contributed by atoms with Gasteiger partial charge in [-0.3, -0.25) is 4.79 Å². The third kappa shape index (κ3) is 4.11. The highest BCUT2D eigenvalue weighted by atomic mass is 16.5. The van der Waals surface area contributed by atoms with Gasteiger partial charge in [0.15, 0.2) is 0 Å². The Morgan fingerprint density at radius 1 is 1.10 bits per heavy atom. The van der Waals surface area contributed by atoms with Crippen molar-refractivity contribution in [3.63, 3.8) is 0 Å². The lowest BCUT2D eigenvalue weighted by Crippen LogP contribution is -2.38. The summed E-state index contributed by atoms with van der Waals surface area (Å²) in [6.45, 7) is 1.73. The molecule has 1 unspecified atom stereocenters. The number of benzene rings is 2. The number of para-hydroxylation sites is 2. The van der Waals surface area contributed by atoms with Crippen molar-refractivity contribution in [2.45, 2.75) is 50.6 Å². The number of amides is 1. The zero-order valence-corrected chi connectivity index (χ0v) is 18.1. The lowest BCUT2D eigenvalue weighted by atomic mass is 10.1. The fourth-order valence-electron chi connectivity index (χ4n) is 5.04. The molecule has 0 bridgehead atoms. The fourth-order valence-corrected chi connectivity index (χ4v) is 5.04. The molecule has 162 valence electrons. The summed E-state index contributed by atoms with van der Waals surface area (Å²) in [5.41, 5.74) is 3.30. The molecule has 1 aliphatic heterocycles. The van der Waals surface area contributed by atoms with E-state index < -0.39 is 0 Å². The normalized spacial score (nSPS) is 19.3. The van der Waals surface area contributed by atoms with E-state index in [1.54, 1.807) is 7.11 Å². The van der Waals surface area contributed by atoms with E-state index in [9.17, 15) is 4.79 Å². The molecule has 2 heterocycles. The first kappa shape index (κ1) is 19.9. The number of methoxy groups -OCH3 is 1. The van der Waals surface area contributed by atoms with Gasteiger partial charge in [0, 0.05) is 25.2 Å². The zero-order valence-electron chi connectivity index (χ0n) is 18.1. The van der Waals surface area contributed by atoms with Gasteiger partial charge in [-0.05, 0) is 49.1 Å². The number of hydrogen-bond acceptors (Lipinski definition) is 4. The monoisotopic (exact) mass is 418 g/mol. The standard InChI is InChI=1S/C25H30N4O2/c1-31-21-12-10-18(11-13-21)16-24(30)26-19-14-15-28(17-19)25-27-22-8-4-5-9-23(22)29(25)20-6-2-3-7-20/h4-5,8-13,19-20H,2-3,6-7,14-17H2,1H3,(H,26,30). The third-order valence-corrected chi connectivity index (χ3v) is 6.63. The molecule has 0 spiro atoms. The maximum Gasteiger partial charge on any atom is 0.224 e. The van der Waals surface area contributed by atoms with Crippen molar-refractivity contribution in [1.82, 2.24) is 14.9 Å². The van der Waals surface area contributed by atoms with Crippen LogP contribution in [0.1, 0.15) is 43.7 Å². The molecule has 2 fully saturated rings. The van der Waals surface area contributed by atoms with E-state index in [-0.39, 0.29) is 11.9 Å². The molecule has 1 N–H and O–H groups in total. The molecule has 2 aromatic carbocycles. The Labute approximate surface area is 183 Å².